The molecule has 0 aliphatic carbocycles. The van der Waals surface area contributed by atoms with Gasteiger partial charge < -0.3 is 30.7 Å². The molecule has 0 fully saturated rings. The zero-order valence-electron chi connectivity index (χ0n) is 21.0. The van der Waals surface area contributed by atoms with Gasteiger partial charge in [-0.2, -0.15) is 0 Å². The van der Waals surface area contributed by atoms with Crippen LogP contribution in [0.25, 0.3) is 11.1 Å². The fourth-order valence-corrected chi connectivity index (χ4v) is 4.18. The Morgan fingerprint density at radius 2 is 1.62 bits per heavy atom. The Labute approximate surface area is 218 Å². The van der Waals surface area contributed by atoms with Crippen molar-refractivity contribution in [3.63, 3.8) is 0 Å². The molecule has 0 aliphatic rings. The van der Waals surface area contributed by atoms with Gasteiger partial charge in [0, 0.05) is 29.0 Å². The number of hydrogen-bond donors (Lipinski definition) is 5. The van der Waals surface area contributed by atoms with E-state index in [0.29, 0.717) is 30.8 Å². The number of hydrogen-bond acceptors (Lipinski definition) is 6. The predicted octanol–water partition coefficient (Wildman–Crippen LogP) is 5.56. The van der Waals surface area contributed by atoms with Crippen LogP contribution in [0, 0.1) is 0 Å². The number of aromatic hydroxyl groups is 1. The molecule has 4 aromatic rings. The first-order valence-corrected chi connectivity index (χ1v) is 12.6. The van der Waals surface area contributed by atoms with Crippen molar-refractivity contribution in [3.8, 4) is 22.6 Å². The lowest BCUT2D eigenvalue weighted by Gasteiger charge is -2.15. The molecule has 0 aromatic heterocycles. The zero-order chi connectivity index (χ0) is 26.0. The van der Waals surface area contributed by atoms with Crippen molar-refractivity contribution in [3.05, 3.63) is 108 Å². The van der Waals surface area contributed by atoms with Gasteiger partial charge in [0.15, 0.2) is 0 Å². The van der Waals surface area contributed by atoms with Crippen LogP contribution in [0.4, 0.5) is 11.4 Å². The minimum Gasteiger partial charge on any atom is -0.508 e. The van der Waals surface area contributed by atoms with Crippen LogP contribution in [0.2, 0.25) is 0 Å². The van der Waals surface area contributed by atoms with Crippen LogP contribution in [0.5, 0.6) is 11.5 Å². The second-order valence-electron chi connectivity index (χ2n) is 8.85. The van der Waals surface area contributed by atoms with Gasteiger partial charge in [0.2, 0.25) is 0 Å². The molecular weight excluding hydrogens is 464 g/mol. The average Bonchev–Trinajstić information content (AvgIpc) is 2.93. The second kappa shape index (κ2) is 12.9. The van der Waals surface area contributed by atoms with Gasteiger partial charge in [-0.25, -0.2) is 0 Å². The van der Waals surface area contributed by atoms with E-state index in [4.69, 9.17) is 4.74 Å². The van der Waals surface area contributed by atoms with E-state index in [1.54, 1.807) is 12.1 Å². The van der Waals surface area contributed by atoms with Gasteiger partial charge >= 0.3 is 0 Å². The van der Waals surface area contributed by atoms with Crippen LogP contribution >= 0.6 is 0 Å². The molecule has 0 unspecified atom stereocenters. The maximum Gasteiger partial charge on any atom is 0.127 e. The quantitative estimate of drug-likeness (QED) is 0.164. The normalized spacial score (nSPS) is 11.8. The Hall–Kier alpha value is -3.84. The van der Waals surface area contributed by atoms with Crippen molar-refractivity contribution in [2.45, 2.75) is 26.1 Å². The maximum absolute atomic E-state index is 10.4. The van der Waals surface area contributed by atoms with Crippen LogP contribution in [0.3, 0.4) is 0 Å². The lowest BCUT2D eigenvalue weighted by Crippen LogP contribution is -2.23. The third-order valence-corrected chi connectivity index (χ3v) is 6.19. The summed E-state index contributed by atoms with van der Waals surface area (Å²) in [7, 11) is 0. The van der Waals surface area contributed by atoms with Crippen molar-refractivity contribution < 1.29 is 20.1 Å². The molecule has 6 heteroatoms. The largest absolute Gasteiger partial charge is 0.508 e. The summed E-state index contributed by atoms with van der Waals surface area (Å²) in [6, 6.07) is 29.5. The number of ether oxygens (including phenoxy) is 1. The van der Waals surface area contributed by atoms with E-state index in [1.165, 1.54) is 11.6 Å². The molecule has 0 radical (unpaired) electrons. The van der Waals surface area contributed by atoms with Crippen molar-refractivity contribution in [2.24, 2.45) is 0 Å². The highest BCUT2D eigenvalue weighted by atomic mass is 16.5. The van der Waals surface area contributed by atoms with Crippen LogP contribution in [-0.2, 0) is 13.0 Å². The summed E-state index contributed by atoms with van der Waals surface area (Å²) < 4.78 is 5.84. The Morgan fingerprint density at radius 3 is 2.35 bits per heavy atom. The zero-order valence-corrected chi connectivity index (χ0v) is 21.0. The molecule has 0 heterocycles. The Bertz CT molecular complexity index is 1280. The number of anilines is 2. The average molecular weight is 499 g/mol. The molecule has 4 rings (SSSR count). The van der Waals surface area contributed by atoms with E-state index in [0.717, 1.165) is 34.7 Å². The molecule has 0 bridgehead atoms. The molecule has 192 valence electrons. The fourth-order valence-electron chi connectivity index (χ4n) is 4.18. The van der Waals surface area contributed by atoms with Crippen molar-refractivity contribution in [1.29, 1.82) is 0 Å². The Morgan fingerprint density at radius 1 is 0.865 bits per heavy atom. The first-order valence-electron chi connectivity index (χ1n) is 12.6. The number of rotatable bonds is 12. The highest BCUT2D eigenvalue weighted by Gasteiger charge is 2.11. The van der Waals surface area contributed by atoms with Gasteiger partial charge in [-0.3, -0.25) is 0 Å². The van der Waals surface area contributed by atoms with Crippen LogP contribution < -0.4 is 15.4 Å². The molecule has 0 saturated carbocycles. The van der Waals surface area contributed by atoms with E-state index < -0.39 is 6.10 Å². The summed E-state index contributed by atoms with van der Waals surface area (Å²) in [5, 5.41) is 36.1. The van der Waals surface area contributed by atoms with Crippen molar-refractivity contribution >= 4 is 11.4 Å². The Kier molecular flexibility index (Phi) is 9.16. The minimum absolute atomic E-state index is 0.0310. The summed E-state index contributed by atoms with van der Waals surface area (Å²) in [6.07, 6.45) is 0.110. The van der Waals surface area contributed by atoms with E-state index in [2.05, 4.69) is 53.1 Å². The standard InChI is InChI=1S/C31H34N2O4/c1-2-37-31-15-13-27(19-28(31)23-6-4-3-5-7-23)33-26-11-8-22(9-12-26)16-17-32-20-30(36)24-10-14-29(35)25(18-24)21-34/h3-15,18-19,30,32-36H,2,16-17,20-21H2,1H3/t30-/m1/s1. The molecule has 0 amide bonds. The van der Waals surface area contributed by atoms with E-state index in [-0.39, 0.29) is 12.4 Å². The third kappa shape index (κ3) is 7.11. The monoisotopic (exact) mass is 498 g/mol. The van der Waals surface area contributed by atoms with Gasteiger partial charge in [0.1, 0.15) is 11.5 Å². The minimum atomic E-state index is -0.715. The van der Waals surface area contributed by atoms with Crippen LogP contribution in [0.15, 0.2) is 91.0 Å². The van der Waals surface area contributed by atoms with Gasteiger partial charge in [-0.1, -0.05) is 48.5 Å². The topological polar surface area (TPSA) is 94.0 Å². The molecule has 0 spiro atoms. The second-order valence-corrected chi connectivity index (χ2v) is 8.85. The predicted molar refractivity (Wildman–Crippen MR) is 148 cm³/mol. The highest BCUT2D eigenvalue weighted by Crippen LogP contribution is 2.33. The molecule has 6 nitrogen and oxygen atoms in total. The first-order chi connectivity index (χ1) is 18.1. The highest BCUT2D eigenvalue weighted by molar-refractivity contribution is 5.76. The number of nitrogens with one attached hydrogen (secondary N) is 2. The van der Waals surface area contributed by atoms with Crippen LogP contribution in [0.1, 0.15) is 29.7 Å². The van der Waals surface area contributed by atoms with Crippen molar-refractivity contribution in [2.75, 3.05) is 25.0 Å². The smallest absolute Gasteiger partial charge is 0.127 e. The fraction of sp³-hybridized carbons (Fsp3) is 0.226. The van der Waals surface area contributed by atoms with Gasteiger partial charge in [0.05, 0.1) is 19.3 Å². The molecule has 0 aliphatic heterocycles. The SMILES string of the molecule is CCOc1ccc(Nc2ccc(CCNC[C@@H](O)c3ccc(O)c(CO)c3)cc2)cc1-c1ccccc1. The van der Waals surface area contributed by atoms with E-state index >= 15 is 0 Å². The lowest BCUT2D eigenvalue weighted by atomic mass is 10.0. The number of aliphatic hydroxyl groups excluding tert-OH is 2. The van der Waals surface area contributed by atoms with E-state index in [1.807, 2.05) is 37.3 Å². The number of benzene rings is 4. The molecule has 1 atom stereocenters. The van der Waals surface area contributed by atoms with Gasteiger partial charge in [0.25, 0.3) is 0 Å². The Balaban J connectivity index is 1.31. The summed E-state index contributed by atoms with van der Waals surface area (Å²) in [5.41, 5.74) is 6.42. The summed E-state index contributed by atoms with van der Waals surface area (Å²) in [5.74, 6) is 0.898. The van der Waals surface area contributed by atoms with Crippen molar-refractivity contribution in [1.82, 2.24) is 5.32 Å². The number of aliphatic hydroxyl groups is 2. The van der Waals surface area contributed by atoms with Gasteiger partial charge in [-0.05, 0) is 79.0 Å². The number of phenols is 1. The third-order valence-electron chi connectivity index (χ3n) is 6.19. The molecule has 0 saturated heterocycles. The van der Waals surface area contributed by atoms with Gasteiger partial charge in [-0.15, -0.1) is 0 Å². The summed E-state index contributed by atoms with van der Waals surface area (Å²) in [6.45, 7) is 3.44. The summed E-state index contributed by atoms with van der Waals surface area (Å²) in [4.78, 5) is 0. The maximum atomic E-state index is 10.4. The molecule has 5 N–H and O–H groups in total. The summed E-state index contributed by atoms with van der Waals surface area (Å²) >= 11 is 0. The van der Waals surface area contributed by atoms with E-state index in [9.17, 15) is 15.3 Å². The molecular formula is C31H34N2O4. The lowest BCUT2D eigenvalue weighted by molar-refractivity contribution is 0.174. The molecule has 4 aromatic carbocycles. The molecule has 37 heavy (non-hydrogen) atoms. The van der Waals surface area contributed by atoms with Crippen LogP contribution in [-0.4, -0.2) is 35.0 Å². The first kappa shape index (κ1) is 26.2.